The summed E-state index contributed by atoms with van der Waals surface area (Å²) in [5.41, 5.74) is 2.98. The number of ether oxygens (including phenoxy) is 3. The first-order chi connectivity index (χ1) is 7.79. The summed E-state index contributed by atoms with van der Waals surface area (Å²) in [6.07, 6.45) is 0.871. The highest BCUT2D eigenvalue weighted by Gasteiger charge is 2.12. The molecule has 0 saturated heterocycles. The number of carbonyl (C=O) groups excluding carboxylic acids is 1. The molecule has 1 aromatic rings. The van der Waals surface area contributed by atoms with E-state index in [0.717, 1.165) is 5.56 Å². The van der Waals surface area contributed by atoms with E-state index in [1.54, 1.807) is 18.2 Å². The Balaban J connectivity index is 2.02. The predicted octanol–water partition coefficient (Wildman–Crippen LogP) is 1.11. The number of nitrogens with one attached hydrogen (secondary N) is 1. The number of hydrazone groups is 1. The van der Waals surface area contributed by atoms with Crippen molar-refractivity contribution in [2.75, 3.05) is 13.9 Å². The van der Waals surface area contributed by atoms with E-state index in [1.807, 2.05) is 0 Å². The highest BCUT2D eigenvalue weighted by Crippen LogP contribution is 2.31. The Hall–Kier alpha value is -2.24. The van der Waals surface area contributed by atoms with E-state index in [1.165, 1.54) is 13.3 Å². The van der Waals surface area contributed by atoms with Gasteiger partial charge in [0.2, 0.25) is 6.79 Å². The maximum Gasteiger partial charge on any atom is 0.427 e. The third-order valence-electron chi connectivity index (χ3n) is 1.95. The molecular formula is C10H10N2O4. The number of benzene rings is 1. The van der Waals surface area contributed by atoms with Gasteiger partial charge in [-0.05, 0) is 23.8 Å². The summed E-state index contributed by atoms with van der Waals surface area (Å²) in [4.78, 5) is 10.7. The third kappa shape index (κ3) is 2.22. The normalized spacial score (nSPS) is 12.8. The molecule has 0 saturated carbocycles. The molecule has 2 rings (SSSR count). The van der Waals surface area contributed by atoms with Crippen molar-refractivity contribution in [2.45, 2.75) is 0 Å². The minimum Gasteiger partial charge on any atom is -0.454 e. The molecule has 0 fully saturated rings. The number of carbonyl (C=O) groups is 1. The first-order valence-corrected chi connectivity index (χ1v) is 4.56. The quantitative estimate of drug-likeness (QED) is 0.601. The molecule has 0 aliphatic carbocycles. The zero-order chi connectivity index (χ0) is 11.4. The fraction of sp³-hybridized carbons (Fsp3) is 0.200. The summed E-state index contributed by atoms with van der Waals surface area (Å²) in [6, 6.07) is 5.35. The summed E-state index contributed by atoms with van der Waals surface area (Å²) in [5, 5.41) is 3.69. The van der Waals surface area contributed by atoms with Crippen LogP contribution in [0.2, 0.25) is 0 Å². The number of rotatable bonds is 2. The molecule has 84 valence electrons. The predicted molar refractivity (Wildman–Crippen MR) is 55.7 cm³/mol. The maximum absolute atomic E-state index is 10.7. The SMILES string of the molecule is COC(=O)N/N=C\c1ccc2c(c1)OCO2. The zero-order valence-electron chi connectivity index (χ0n) is 8.60. The van der Waals surface area contributed by atoms with Crippen LogP contribution in [0.15, 0.2) is 23.3 Å². The molecule has 1 aromatic carbocycles. The molecule has 1 N–H and O–H groups in total. The summed E-state index contributed by atoms with van der Waals surface area (Å²) in [7, 11) is 1.27. The van der Waals surface area contributed by atoms with Crippen LogP contribution in [0.3, 0.4) is 0 Å². The number of hydrogen-bond donors (Lipinski definition) is 1. The molecule has 0 aromatic heterocycles. The van der Waals surface area contributed by atoms with Crippen molar-refractivity contribution in [3.63, 3.8) is 0 Å². The fourth-order valence-corrected chi connectivity index (χ4v) is 1.20. The molecule has 0 atom stereocenters. The van der Waals surface area contributed by atoms with Crippen LogP contribution >= 0.6 is 0 Å². The standard InChI is InChI=1S/C10H10N2O4/c1-14-10(13)12-11-5-7-2-3-8-9(4-7)16-6-15-8/h2-5H,6H2,1H3,(H,12,13)/b11-5-. The summed E-state index contributed by atoms with van der Waals surface area (Å²) in [5.74, 6) is 1.38. The van der Waals surface area contributed by atoms with E-state index in [0.29, 0.717) is 11.5 Å². The van der Waals surface area contributed by atoms with E-state index in [4.69, 9.17) is 9.47 Å². The van der Waals surface area contributed by atoms with Crippen LogP contribution in [0, 0.1) is 0 Å². The van der Waals surface area contributed by atoms with E-state index in [2.05, 4.69) is 15.3 Å². The highest BCUT2D eigenvalue weighted by atomic mass is 16.7. The Bertz CT molecular complexity index is 431. The molecule has 1 amide bonds. The topological polar surface area (TPSA) is 69.2 Å². The number of nitrogens with zero attached hydrogens (tertiary/aromatic N) is 1. The van der Waals surface area contributed by atoms with Crippen molar-refractivity contribution < 1.29 is 19.0 Å². The van der Waals surface area contributed by atoms with Crippen LogP contribution in [0.1, 0.15) is 5.56 Å². The zero-order valence-corrected chi connectivity index (χ0v) is 8.60. The lowest BCUT2D eigenvalue weighted by molar-refractivity contribution is 0.171. The number of amides is 1. The van der Waals surface area contributed by atoms with Gasteiger partial charge in [-0.25, -0.2) is 10.2 Å². The van der Waals surface area contributed by atoms with Crippen molar-refractivity contribution in [1.82, 2.24) is 5.43 Å². The molecule has 1 aliphatic heterocycles. The van der Waals surface area contributed by atoms with Crippen molar-refractivity contribution in [3.8, 4) is 11.5 Å². The van der Waals surface area contributed by atoms with Crippen LogP contribution in [0.5, 0.6) is 11.5 Å². The minimum absolute atomic E-state index is 0.232. The van der Waals surface area contributed by atoms with E-state index in [9.17, 15) is 4.79 Å². The summed E-state index contributed by atoms with van der Waals surface area (Å²) in [6.45, 7) is 0.232. The molecule has 6 heteroatoms. The number of hydrogen-bond acceptors (Lipinski definition) is 5. The smallest absolute Gasteiger partial charge is 0.427 e. The first-order valence-electron chi connectivity index (χ1n) is 4.56. The first kappa shape index (κ1) is 10.3. The second-order valence-electron chi connectivity index (χ2n) is 2.97. The van der Waals surface area contributed by atoms with Crippen molar-refractivity contribution in [1.29, 1.82) is 0 Å². The van der Waals surface area contributed by atoms with Gasteiger partial charge >= 0.3 is 6.09 Å². The molecule has 0 spiro atoms. The Morgan fingerprint density at radius 2 is 2.31 bits per heavy atom. The van der Waals surface area contributed by atoms with Crippen LogP contribution in [0.4, 0.5) is 4.79 Å². The molecule has 6 nitrogen and oxygen atoms in total. The average Bonchev–Trinajstić information content (AvgIpc) is 2.76. The molecule has 0 bridgehead atoms. The molecule has 1 heterocycles. The van der Waals surface area contributed by atoms with E-state index < -0.39 is 6.09 Å². The third-order valence-corrected chi connectivity index (χ3v) is 1.95. The van der Waals surface area contributed by atoms with Gasteiger partial charge in [0.15, 0.2) is 11.5 Å². The molecule has 0 radical (unpaired) electrons. The van der Waals surface area contributed by atoms with Crippen LogP contribution in [-0.2, 0) is 4.74 Å². The van der Waals surface area contributed by atoms with Gasteiger partial charge in [-0.1, -0.05) is 0 Å². The molecule has 0 unspecified atom stereocenters. The van der Waals surface area contributed by atoms with Gasteiger partial charge in [-0.15, -0.1) is 0 Å². The Kier molecular flexibility index (Phi) is 2.90. The van der Waals surface area contributed by atoms with Crippen LogP contribution < -0.4 is 14.9 Å². The van der Waals surface area contributed by atoms with E-state index >= 15 is 0 Å². The van der Waals surface area contributed by atoms with E-state index in [-0.39, 0.29) is 6.79 Å². The van der Waals surface area contributed by atoms with Gasteiger partial charge in [0, 0.05) is 0 Å². The molecular weight excluding hydrogens is 212 g/mol. The van der Waals surface area contributed by atoms with Gasteiger partial charge < -0.3 is 14.2 Å². The second kappa shape index (κ2) is 4.52. The highest BCUT2D eigenvalue weighted by molar-refractivity contribution is 5.82. The Morgan fingerprint density at radius 3 is 3.12 bits per heavy atom. The van der Waals surface area contributed by atoms with Gasteiger partial charge in [0.1, 0.15) is 0 Å². The van der Waals surface area contributed by atoms with Gasteiger partial charge in [-0.2, -0.15) is 5.10 Å². The largest absolute Gasteiger partial charge is 0.454 e. The Labute approximate surface area is 91.8 Å². The number of methoxy groups -OCH3 is 1. The molecule has 16 heavy (non-hydrogen) atoms. The summed E-state index contributed by atoms with van der Waals surface area (Å²) >= 11 is 0. The van der Waals surface area contributed by atoms with Crippen molar-refractivity contribution in [3.05, 3.63) is 23.8 Å². The fourth-order valence-electron chi connectivity index (χ4n) is 1.20. The van der Waals surface area contributed by atoms with Crippen molar-refractivity contribution in [2.24, 2.45) is 5.10 Å². The second-order valence-corrected chi connectivity index (χ2v) is 2.97. The monoisotopic (exact) mass is 222 g/mol. The average molecular weight is 222 g/mol. The maximum atomic E-state index is 10.7. The van der Waals surface area contributed by atoms with Crippen LogP contribution in [-0.4, -0.2) is 26.2 Å². The lowest BCUT2D eigenvalue weighted by Crippen LogP contribution is -2.16. The molecule has 1 aliphatic rings. The minimum atomic E-state index is -0.614. The van der Waals surface area contributed by atoms with Gasteiger partial charge in [0.25, 0.3) is 0 Å². The lowest BCUT2D eigenvalue weighted by Gasteiger charge is -1.98. The number of fused-ring (bicyclic) bond motifs is 1. The Morgan fingerprint density at radius 1 is 1.50 bits per heavy atom. The lowest BCUT2D eigenvalue weighted by atomic mass is 10.2. The summed E-state index contributed by atoms with van der Waals surface area (Å²) < 4.78 is 14.7. The van der Waals surface area contributed by atoms with Gasteiger partial charge in [0.05, 0.1) is 13.3 Å². The van der Waals surface area contributed by atoms with Crippen LogP contribution in [0.25, 0.3) is 0 Å². The van der Waals surface area contributed by atoms with Gasteiger partial charge in [-0.3, -0.25) is 0 Å². The van der Waals surface area contributed by atoms with Crippen molar-refractivity contribution >= 4 is 12.3 Å².